The summed E-state index contributed by atoms with van der Waals surface area (Å²) >= 11 is 0. The van der Waals surface area contributed by atoms with Crippen molar-refractivity contribution in [2.24, 2.45) is 0 Å². The second-order valence-corrected chi connectivity index (χ2v) is 3.56. The molecule has 1 unspecified atom stereocenters. The van der Waals surface area contributed by atoms with Crippen LogP contribution < -0.4 is 4.74 Å². The first kappa shape index (κ1) is 8.57. The SMILES string of the molecule is CC(C)Oc1cccc(C2CO2)c1. The van der Waals surface area contributed by atoms with Crippen molar-refractivity contribution in [2.75, 3.05) is 6.61 Å². The smallest absolute Gasteiger partial charge is 0.120 e. The molecule has 0 spiro atoms. The Balaban J connectivity index is 2.12. The van der Waals surface area contributed by atoms with E-state index in [9.17, 15) is 0 Å². The van der Waals surface area contributed by atoms with E-state index in [0.717, 1.165) is 12.4 Å². The molecule has 1 aliphatic heterocycles. The molecule has 1 fully saturated rings. The third-order valence-electron chi connectivity index (χ3n) is 1.93. The van der Waals surface area contributed by atoms with Crippen LogP contribution in [-0.2, 0) is 4.74 Å². The molecule has 1 aromatic carbocycles. The maximum Gasteiger partial charge on any atom is 0.120 e. The van der Waals surface area contributed by atoms with Gasteiger partial charge in [0, 0.05) is 0 Å². The Morgan fingerprint density at radius 3 is 2.85 bits per heavy atom. The molecule has 70 valence electrons. The van der Waals surface area contributed by atoms with Crippen molar-refractivity contribution < 1.29 is 9.47 Å². The monoisotopic (exact) mass is 178 g/mol. The van der Waals surface area contributed by atoms with Crippen LogP contribution in [0.25, 0.3) is 0 Å². The standard InChI is InChI=1S/C11H14O2/c1-8(2)13-10-5-3-4-9(6-10)11-7-12-11/h3-6,8,11H,7H2,1-2H3. The lowest BCUT2D eigenvalue weighted by Crippen LogP contribution is -2.05. The van der Waals surface area contributed by atoms with E-state index in [1.807, 2.05) is 26.0 Å². The summed E-state index contributed by atoms with van der Waals surface area (Å²) in [7, 11) is 0. The number of rotatable bonds is 3. The number of hydrogen-bond donors (Lipinski definition) is 0. The first-order chi connectivity index (χ1) is 6.25. The minimum absolute atomic E-state index is 0.232. The summed E-state index contributed by atoms with van der Waals surface area (Å²) in [6.07, 6.45) is 0.547. The van der Waals surface area contributed by atoms with E-state index in [1.54, 1.807) is 0 Å². The van der Waals surface area contributed by atoms with Gasteiger partial charge < -0.3 is 9.47 Å². The maximum atomic E-state index is 5.58. The van der Waals surface area contributed by atoms with Crippen LogP contribution in [0.15, 0.2) is 24.3 Å². The highest BCUT2D eigenvalue weighted by Crippen LogP contribution is 2.31. The number of benzene rings is 1. The Morgan fingerprint density at radius 2 is 2.23 bits per heavy atom. The van der Waals surface area contributed by atoms with Crippen LogP contribution in [0.2, 0.25) is 0 Å². The van der Waals surface area contributed by atoms with Gasteiger partial charge in [-0.15, -0.1) is 0 Å². The average Bonchev–Trinajstić information content (AvgIpc) is 2.85. The molecular weight excluding hydrogens is 164 g/mol. The molecule has 13 heavy (non-hydrogen) atoms. The van der Waals surface area contributed by atoms with Gasteiger partial charge in [0.05, 0.1) is 12.7 Å². The second-order valence-electron chi connectivity index (χ2n) is 3.56. The molecule has 0 radical (unpaired) electrons. The molecular formula is C11H14O2. The molecule has 0 aromatic heterocycles. The first-order valence-corrected chi connectivity index (χ1v) is 4.64. The zero-order valence-corrected chi connectivity index (χ0v) is 7.99. The number of hydrogen-bond acceptors (Lipinski definition) is 2. The number of ether oxygens (including phenoxy) is 2. The third-order valence-corrected chi connectivity index (χ3v) is 1.93. The first-order valence-electron chi connectivity index (χ1n) is 4.64. The van der Waals surface area contributed by atoms with Gasteiger partial charge in [0.1, 0.15) is 11.9 Å². The summed E-state index contributed by atoms with van der Waals surface area (Å²) in [5.74, 6) is 0.933. The van der Waals surface area contributed by atoms with Crippen molar-refractivity contribution in [3.63, 3.8) is 0 Å². The van der Waals surface area contributed by atoms with E-state index in [0.29, 0.717) is 6.10 Å². The largest absolute Gasteiger partial charge is 0.491 e. The topological polar surface area (TPSA) is 21.8 Å². The fourth-order valence-electron chi connectivity index (χ4n) is 1.30. The molecule has 1 aromatic rings. The molecule has 1 aliphatic rings. The van der Waals surface area contributed by atoms with Gasteiger partial charge in [-0.05, 0) is 31.5 Å². The Labute approximate surface area is 78.5 Å². The fraction of sp³-hybridized carbons (Fsp3) is 0.455. The highest BCUT2D eigenvalue weighted by molar-refractivity contribution is 5.31. The molecule has 0 saturated carbocycles. The van der Waals surface area contributed by atoms with E-state index >= 15 is 0 Å². The summed E-state index contributed by atoms with van der Waals surface area (Å²) in [5, 5.41) is 0. The van der Waals surface area contributed by atoms with Crippen molar-refractivity contribution in [3.8, 4) is 5.75 Å². The minimum Gasteiger partial charge on any atom is -0.491 e. The lowest BCUT2D eigenvalue weighted by atomic mass is 10.1. The molecule has 0 aliphatic carbocycles. The Bertz CT molecular complexity index is 290. The maximum absolute atomic E-state index is 5.58. The van der Waals surface area contributed by atoms with Gasteiger partial charge in [-0.2, -0.15) is 0 Å². The van der Waals surface area contributed by atoms with Gasteiger partial charge in [-0.25, -0.2) is 0 Å². The second kappa shape index (κ2) is 3.38. The van der Waals surface area contributed by atoms with Gasteiger partial charge in [0.15, 0.2) is 0 Å². The minimum atomic E-state index is 0.232. The predicted octanol–water partition coefficient (Wildman–Crippen LogP) is 2.55. The van der Waals surface area contributed by atoms with Crippen molar-refractivity contribution in [2.45, 2.75) is 26.1 Å². The van der Waals surface area contributed by atoms with Crippen LogP contribution in [0.4, 0.5) is 0 Å². The fourth-order valence-corrected chi connectivity index (χ4v) is 1.30. The Hall–Kier alpha value is -1.02. The zero-order chi connectivity index (χ0) is 9.26. The van der Waals surface area contributed by atoms with E-state index in [2.05, 4.69) is 12.1 Å². The number of epoxide rings is 1. The summed E-state index contributed by atoms with van der Waals surface area (Å²) in [4.78, 5) is 0. The summed E-state index contributed by atoms with van der Waals surface area (Å²) in [5.41, 5.74) is 1.22. The van der Waals surface area contributed by atoms with Crippen LogP contribution >= 0.6 is 0 Å². The van der Waals surface area contributed by atoms with Crippen molar-refractivity contribution >= 4 is 0 Å². The summed E-state index contributed by atoms with van der Waals surface area (Å²) in [6, 6.07) is 8.11. The van der Waals surface area contributed by atoms with Crippen LogP contribution in [0, 0.1) is 0 Å². The Kier molecular flexibility index (Phi) is 2.23. The van der Waals surface area contributed by atoms with Gasteiger partial charge in [-0.3, -0.25) is 0 Å². The van der Waals surface area contributed by atoms with Crippen molar-refractivity contribution in [3.05, 3.63) is 29.8 Å². The molecule has 2 nitrogen and oxygen atoms in total. The lowest BCUT2D eigenvalue weighted by molar-refractivity contribution is 0.242. The Morgan fingerprint density at radius 1 is 1.46 bits per heavy atom. The predicted molar refractivity (Wildman–Crippen MR) is 50.9 cm³/mol. The van der Waals surface area contributed by atoms with Gasteiger partial charge in [0.2, 0.25) is 0 Å². The third kappa shape index (κ3) is 2.22. The molecule has 1 heterocycles. The van der Waals surface area contributed by atoms with Gasteiger partial charge >= 0.3 is 0 Å². The van der Waals surface area contributed by atoms with E-state index in [1.165, 1.54) is 5.56 Å². The van der Waals surface area contributed by atoms with Gasteiger partial charge in [-0.1, -0.05) is 12.1 Å². The molecule has 1 atom stereocenters. The van der Waals surface area contributed by atoms with Crippen LogP contribution in [-0.4, -0.2) is 12.7 Å². The molecule has 2 heteroatoms. The highest BCUT2D eigenvalue weighted by Gasteiger charge is 2.24. The molecule has 1 saturated heterocycles. The highest BCUT2D eigenvalue weighted by atomic mass is 16.6. The molecule has 0 N–H and O–H groups in total. The summed E-state index contributed by atoms with van der Waals surface area (Å²) in [6.45, 7) is 4.91. The van der Waals surface area contributed by atoms with E-state index < -0.39 is 0 Å². The zero-order valence-electron chi connectivity index (χ0n) is 7.99. The average molecular weight is 178 g/mol. The van der Waals surface area contributed by atoms with E-state index in [4.69, 9.17) is 9.47 Å². The quantitative estimate of drug-likeness (QED) is 0.663. The van der Waals surface area contributed by atoms with Crippen LogP contribution in [0.5, 0.6) is 5.75 Å². The van der Waals surface area contributed by atoms with Gasteiger partial charge in [0.25, 0.3) is 0 Å². The molecule has 2 rings (SSSR count). The van der Waals surface area contributed by atoms with Crippen LogP contribution in [0.3, 0.4) is 0 Å². The van der Waals surface area contributed by atoms with Crippen molar-refractivity contribution in [1.29, 1.82) is 0 Å². The van der Waals surface area contributed by atoms with Crippen LogP contribution in [0.1, 0.15) is 25.5 Å². The van der Waals surface area contributed by atoms with Crippen molar-refractivity contribution in [1.82, 2.24) is 0 Å². The summed E-state index contributed by atoms with van der Waals surface area (Å²) < 4.78 is 10.8. The normalized spacial score (nSPS) is 20.4. The molecule has 0 amide bonds. The lowest BCUT2D eigenvalue weighted by Gasteiger charge is -2.09. The van der Waals surface area contributed by atoms with E-state index in [-0.39, 0.29) is 6.10 Å². The molecule has 0 bridgehead atoms.